The lowest BCUT2D eigenvalue weighted by Crippen LogP contribution is -2.39. The molecule has 1 atom stereocenters. The average Bonchev–Trinajstić information content (AvgIpc) is 2.94. The van der Waals surface area contributed by atoms with Crippen LogP contribution in [0.4, 0.5) is 11.4 Å². The number of ether oxygens (including phenoxy) is 1. The van der Waals surface area contributed by atoms with Gasteiger partial charge in [0.2, 0.25) is 0 Å². The molecule has 0 saturated carbocycles. The van der Waals surface area contributed by atoms with Crippen LogP contribution in [0.25, 0.3) is 0 Å². The van der Waals surface area contributed by atoms with Crippen molar-refractivity contribution in [2.45, 2.75) is 52.6 Å². The van der Waals surface area contributed by atoms with Gasteiger partial charge in [-0.05, 0) is 74.1 Å². The number of anilines is 1. The van der Waals surface area contributed by atoms with Crippen molar-refractivity contribution in [3.05, 3.63) is 120 Å². The number of benzene rings is 3. The van der Waals surface area contributed by atoms with Gasteiger partial charge < -0.3 is 10.5 Å². The highest BCUT2D eigenvalue weighted by Crippen LogP contribution is 2.48. The van der Waals surface area contributed by atoms with E-state index in [4.69, 9.17) is 22.1 Å². The fourth-order valence-electron chi connectivity index (χ4n) is 5.64. The topological polar surface area (TPSA) is 122 Å². The van der Waals surface area contributed by atoms with Crippen molar-refractivity contribution in [3.8, 4) is 11.8 Å². The van der Waals surface area contributed by atoms with Gasteiger partial charge in [0.1, 0.15) is 18.2 Å². The molecule has 0 bridgehead atoms. The van der Waals surface area contributed by atoms with Gasteiger partial charge in [0.25, 0.3) is 5.69 Å². The second-order valence-corrected chi connectivity index (χ2v) is 10.9. The second-order valence-electron chi connectivity index (χ2n) is 10.4. The molecule has 1 unspecified atom stereocenters. The van der Waals surface area contributed by atoms with Crippen molar-refractivity contribution in [2.24, 2.45) is 5.73 Å². The maximum Gasteiger partial charge on any atom is 0.271 e. The number of Topliss-reactive ketones (excluding diaryl/α,β-unsaturated/α-hetero) is 1. The smallest absolute Gasteiger partial charge is 0.271 e. The van der Waals surface area contributed by atoms with Gasteiger partial charge in [0.05, 0.1) is 33.2 Å². The zero-order valence-electron chi connectivity index (χ0n) is 23.0. The molecule has 0 aromatic heterocycles. The molecule has 208 valence electrons. The van der Waals surface area contributed by atoms with E-state index >= 15 is 0 Å². The molecule has 41 heavy (non-hydrogen) atoms. The zero-order valence-corrected chi connectivity index (χ0v) is 23.8. The molecule has 2 N–H and O–H groups in total. The summed E-state index contributed by atoms with van der Waals surface area (Å²) in [4.78, 5) is 26.2. The minimum absolute atomic E-state index is 0.0829. The largest absolute Gasteiger partial charge is 0.489 e. The van der Waals surface area contributed by atoms with Crippen molar-refractivity contribution >= 4 is 28.8 Å². The summed E-state index contributed by atoms with van der Waals surface area (Å²) in [5, 5.41) is 22.2. The van der Waals surface area contributed by atoms with Crippen molar-refractivity contribution in [3.63, 3.8) is 0 Å². The molecule has 3 aromatic rings. The third-order valence-electron chi connectivity index (χ3n) is 7.75. The monoisotopic (exact) mass is 568 g/mol. The number of rotatable bonds is 6. The predicted molar refractivity (Wildman–Crippen MR) is 157 cm³/mol. The number of nitro groups is 1. The summed E-state index contributed by atoms with van der Waals surface area (Å²) in [5.41, 5.74) is 12.9. The molecule has 0 amide bonds. The first-order chi connectivity index (χ1) is 19.6. The highest BCUT2D eigenvalue weighted by atomic mass is 35.5. The highest BCUT2D eigenvalue weighted by Gasteiger charge is 2.41. The molecule has 0 radical (unpaired) electrons. The Bertz CT molecular complexity index is 1680. The first kappa shape index (κ1) is 27.9. The molecule has 8 nitrogen and oxygen atoms in total. The first-order valence-electron chi connectivity index (χ1n) is 13.3. The van der Waals surface area contributed by atoms with Gasteiger partial charge in [-0.2, -0.15) is 5.26 Å². The van der Waals surface area contributed by atoms with E-state index in [9.17, 15) is 20.2 Å². The molecule has 0 fully saturated rings. The molecule has 1 aliphatic heterocycles. The summed E-state index contributed by atoms with van der Waals surface area (Å²) in [7, 11) is 0. The molecular formula is C32H29ClN4O4. The minimum Gasteiger partial charge on any atom is -0.489 e. The Balaban J connectivity index is 1.65. The maximum absolute atomic E-state index is 13.6. The van der Waals surface area contributed by atoms with Crippen LogP contribution in [-0.4, -0.2) is 10.7 Å². The Morgan fingerprint density at radius 1 is 1.10 bits per heavy atom. The van der Waals surface area contributed by atoms with E-state index < -0.39 is 10.8 Å². The number of hydrogen-bond acceptors (Lipinski definition) is 7. The van der Waals surface area contributed by atoms with E-state index in [1.165, 1.54) is 18.2 Å². The molecule has 2 aliphatic rings. The summed E-state index contributed by atoms with van der Waals surface area (Å²) in [6.45, 7) is 6.28. The van der Waals surface area contributed by atoms with Crippen molar-refractivity contribution in [1.29, 1.82) is 5.26 Å². The van der Waals surface area contributed by atoms with Crippen LogP contribution in [0.1, 0.15) is 53.0 Å². The molecule has 9 heteroatoms. The van der Waals surface area contributed by atoms with Gasteiger partial charge >= 0.3 is 0 Å². The number of non-ortho nitro benzene ring substituents is 1. The third kappa shape index (κ3) is 5.17. The van der Waals surface area contributed by atoms with Crippen LogP contribution in [0, 0.1) is 42.2 Å². The van der Waals surface area contributed by atoms with Gasteiger partial charge in [-0.1, -0.05) is 41.4 Å². The van der Waals surface area contributed by atoms with Crippen LogP contribution < -0.4 is 15.4 Å². The Hall–Kier alpha value is -4.61. The normalized spacial score (nSPS) is 16.9. The molecule has 5 rings (SSSR count). The summed E-state index contributed by atoms with van der Waals surface area (Å²) in [6, 6.07) is 18.2. The number of nitrogens with zero attached hydrogens (tertiary/aromatic N) is 3. The summed E-state index contributed by atoms with van der Waals surface area (Å²) in [6.07, 6.45) is 1.42. The fourth-order valence-corrected chi connectivity index (χ4v) is 5.84. The SMILES string of the molecule is Cc1ccc(OCc2cc(C3C(C#N)=C(N)N(c4cc([N+](=O)[O-])ccc4Cl)C4=C3C(=O)CCC4)c(C)cc2C)cc1. The maximum atomic E-state index is 13.6. The number of ketones is 1. The van der Waals surface area contributed by atoms with Gasteiger partial charge in [0, 0.05) is 29.8 Å². The van der Waals surface area contributed by atoms with Crippen molar-refractivity contribution in [2.75, 3.05) is 4.90 Å². The standard InChI is InChI=1S/C32H29ClN4O4/c1-18-7-10-23(11-8-18)41-17-21-14-24(20(3)13-19(21)2)30-25(16-34)32(35)36(27-5-4-6-29(38)31(27)30)28-15-22(37(39)40)9-12-26(28)33/h7-15,30H,4-6,17,35H2,1-3H3. The third-order valence-corrected chi connectivity index (χ3v) is 8.07. The number of halogens is 1. The number of carbonyl (C=O) groups is 1. The summed E-state index contributed by atoms with van der Waals surface area (Å²) < 4.78 is 6.07. The lowest BCUT2D eigenvalue weighted by atomic mass is 9.74. The van der Waals surface area contributed by atoms with Crippen molar-refractivity contribution in [1.82, 2.24) is 0 Å². The van der Waals surface area contributed by atoms with Crippen LogP contribution in [-0.2, 0) is 11.4 Å². The number of hydrogen-bond donors (Lipinski definition) is 1. The minimum atomic E-state index is -0.685. The Kier molecular flexibility index (Phi) is 7.57. The van der Waals surface area contributed by atoms with Crippen LogP contribution in [0.3, 0.4) is 0 Å². The molecule has 1 aliphatic carbocycles. The lowest BCUT2D eigenvalue weighted by molar-refractivity contribution is -0.384. The molecule has 0 saturated heterocycles. The van der Waals surface area contributed by atoms with Crippen molar-refractivity contribution < 1.29 is 14.5 Å². The number of carbonyl (C=O) groups excluding carboxylic acids is 1. The van der Waals surface area contributed by atoms with E-state index in [0.29, 0.717) is 37.1 Å². The van der Waals surface area contributed by atoms with E-state index in [2.05, 4.69) is 6.07 Å². The Labute approximate surface area is 243 Å². The van der Waals surface area contributed by atoms with E-state index in [0.717, 1.165) is 33.6 Å². The fraction of sp³-hybridized carbons (Fsp3) is 0.250. The van der Waals surface area contributed by atoms with E-state index in [-0.39, 0.29) is 33.6 Å². The number of nitriles is 1. The Morgan fingerprint density at radius 2 is 1.83 bits per heavy atom. The van der Waals surface area contributed by atoms with Crippen LogP contribution in [0.15, 0.2) is 77.3 Å². The zero-order chi connectivity index (χ0) is 29.4. The van der Waals surface area contributed by atoms with Crippen LogP contribution >= 0.6 is 11.6 Å². The summed E-state index contributed by atoms with van der Waals surface area (Å²) >= 11 is 6.52. The van der Waals surface area contributed by atoms with E-state index in [1.807, 2.05) is 57.2 Å². The van der Waals surface area contributed by atoms with E-state index in [1.54, 1.807) is 4.90 Å². The first-order valence-corrected chi connectivity index (χ1v) is 13.7. The number of aryl methyl sites for hydroxylation is 3. The molecule has 1 heterocycles. The quantitative estimate of drug-likeness (QED) is 0.249. The Morgan fingerprint density at radius 3 is 2.51 bits per heavy atom. The van der Waals surface area contributed by atoms with Crippen LogP contribution in [0.2, 0.25) is 5.02 Å². The molecule has 3 aromatic carbocycles. The predicted octanol–water partition coefficient (Wildman–Crippen LogP) is 7.06. The lowest BCUT2D eigenvalue weighted by Gasteiger charge is -2.40. The highest BCUT2D eigenvalue weighted by molar-refractivity contribution is 6.33. The number of nitro benzene ring substituents is 1. The van der Waals surface area contributed by atoms with Gasteiger partial charge in [-0.15, -0.1) is 0 Å². The van der Waals surface area contributed by atoms with Crippen LogP contribution in [0.5, 0.6) is 5.75 Å². The van der Waals surface area contributed by atoms with Gasteiger partial charge in [-0.25, -0.2) is 0 Å². The number of nitrogens with two attached hydrogens (primary N) is 1. The molecule has 0 spiro atoms. The number of allylic oxidation sites excluding steroid dienone is 3. The molecular weight excluding hydrogens is 540 g/mol. The van der Waals surface area contributed by atoms with Gasteiger partial charge in [-0.3, -0.25) is 19.8 Å². The summed E-state index contributed by atoms with van der Waals surface area (Å²) in [5.74, 6) is 0.0788. The van der Waals surface area contributed by atoms with Gasteiger partial charge in [0.15, 0.2) is 5.78 Å². The average molecular weight is 569 g/mol. The second kappa shape index (κ2) is 11.1.